The Kier molecular flexibility index (Phi) is 7.78. The van der Waals surface area contributed by atoms with Crippen molar-refractivity contribution in [2.75, 3.05) is 26.2 Å². The Balaban J connectivity index is 1.70. The topological polar surface area (TPSA) is 41.6 Å². The highest BCUT2D eigenvalue weighted by molar-refractivity contribution is 7.80. The zero-order valence-corrected chi connectivity index (χ0v) is 15.8. The third kappa shape index (κ3) is 6.36. The first-order valence-corrected chi connectivity index (χ1v) is 9.32. The zero-order valence-electron chi connectivity index (χ0n) is 15.0. The molecule has 2 rings (SSSR count). The van der Waals surface area contributed by atoms with Crippen molar-refractivity contribution in [1.82, 2.24) is 10.2 Å². The first-order chi connectivity index (χ1) is 12.0. The van der Waals surface area contributed by atoms with Gasteiger partial charge in [-0.3, -0.25) is 4.79 Å². The summed E-state index contributed by atoms with van der Waals surface area (Å²) in [7, 11) is 0. The molecule has 0 unspecified atom stereocenters. The van der Waals surface area contributed by atoms with E-state index in [1.807, 2.05) is 13.8 Å². The fourth-order valence-electron chi connectivity index (χ4n) is 2.89. The molecule has 1 heterocycles. The minimum Gasteiger partial charge on any atom is -0.379 e. The van der Waals surface area contributed by atoms with Crippen LogP contribution in [0.15, 0.2) is 24.3 Å². The number of carbonyl (C=O) groups excluding carboxylic acids is 1. The molecule has 4 nitrogen and oxygen atoms in total. The van der Waals surface area contributed by atoms with Gasteiger partial charge in [-0.1, -0.05) is 0 Å². The van der Waals surface area contributed by atoms with Crippen LogP contribution in [0, 0.1) is 11.7 Å². The number of benzene rings is 1. The second-order valence-corrected chi connectivity index (χ2v) is 7.02. The van der Waals surface area contributed by atoms with Crippen LogP contribution in [0.5, 0.6) is 0 Å². The molecule has 0 aliphatic carbocycles. The van der Waals surface area contributed by atoms with E-state index in [4.69, 9.17) is 17.0 Å². The van der Waals surface area contributed by atoms with Crippen LogP contribution in [0.3, 0.4) is 0 Å². The van der Waals surface area contributed by atoms with E-state index in [-0.39, 0.29) is 23.6 Å². The number of ether oxygens (including phenoxy) is 1. The average Bonchev–Trinajstić information content (AvgIpc) is 2.61. The fraction of sp³-hybridized carbons (Fsp3) is 0.579. The number of thiocarbonyl (C=S) groups is 1. The Hall–Kier alpha value is -1.53. The van der Waals surface area contributed by atoms with Crippen LogP contribution in [0.4, 0.5) is 4.39 Å². The van der Waals surface area contributed by atoms with Gasteiger partial charge >= 0.3 is 0 Å². The summed E-state index contributed by atoms with van der Waals surface area (Å²) < 4.78 is 18.5. The molecule has 1 aromatic rings. The van der Waals surface area contributed by atoms with Crippen molar-refractivity contribution in [3.63, 3.8) is 0 Å². The summed E-state index contributed by atoms with van der Waals surface area (Å²) in [6.07, 6.45) is 2.71. The number of halogens is 1. The maximum Gasteiger partial charge on any atom is 0.168 e. The number of hydrogen-bond acceptors (Lipinski definition) is 3. The number of carbonyl (C=O) groups is 1. The molecule has 1 saturated heterocycles. The van der Waals surface area contributed by atoms with Gasteiger partial charge in [-0.05, 0) is 69.6 Å². The minimum absolute atomic E-state index is 0.0102. The van der Waals surface area contributed by atoms with Crippen LogP contribution in [0.1, 0.15) is 43.5 Å². The quantitative estimate of drug-likeness (QED) is 0.455. The number of piperidine rings is 1. The summed E-state index contributed by atoms with van der Waals surface area (Å²) in [5, 5.41) is 4.01. The van der Waals surface area contributed by atoms with Gasteiger partial charge in [-0.2, -0.15) is 0 Å². The third-order valence-corrected chi connectivity index (χ3v) is 4.73. The van der Waals surface area contributed by atoms with E-state index in [1.54, 1.807) is 12.1 Å². The summed E-state index contributed by atoms with van der Waals surface area (Å²) in [6.45, 7) is 7.10. The van der Waals surface area contributed by atoms with E-state index in [0.717, 1.165) is 50.6 Å². The lowest BCUT2D eigenvalue weighted by molar-refractivity contribution is 0.0774. The van der Waals surface area contributed by atoms with Crippen LogP contribution in [-0.2, 0) is 4.74 Å². The summed E-state index contributed by atoms with van der Waals surface area (Å²) >= 11 is 5.43. The van der Waals surface area contributed by atoms with Gasteiger partial charge in [0.05, 0.1) is 6.10 Å². The molecule has 138 valence electrons. The van der Waals surface area contributed by atoms with Crippen LogP contribution in [-0.4, -0.2) is 48.1 Å². The highest BCUT2D eigenvalue weighted by Gasteiger charge is 2.26. The molecule has 0 spiro atoms. The highest BCUT2D eigenvalue weighted by atomic mass is 32.1. The van der Waals surface area contributed by atoms with Crippen molar-refractivity contribution >= 4 is 23.1 Å². The Morgan fingerprint density at radius 1 is 1.32 bits per heavy atom. The molecular formula is C19H27FN2O2S. The van der Waals surface area contributed by atoms with Gasteiger partial charge in [0, 0.05) is 37.7 Å². The maximum atomic E-state index is 13.0. The maximum absolute atomic E-state index is 13.0. The van der Waals surface area contributed by atoms with E-state index in [0.29, 0.717) is 5.56 Å². The molecular weight excluding hydrogens is 339 g/mol. The van der Waals surface area contributed by atoms with Crippen LogP contribution in [0.25, 0.3) is 0 Å². The average molecular weight is 367 g/mol. The van der Waals surface area contributed by atoms with Gasteiger partial charge in [-0.15, -0.1) is 0 Å². The summed E-state index contributed by atoms with van der Waals surface area (Å²) in [6, 6.07) is 5.81. The Bertz CT molecular complexity index is 569. The predicted molar refractivity (Wildman–Crippen MR) is 101 cm³/mol. The second-order valence-electron chi connectivity index (χ2n) is 6.64. The van der Waals surface area contributed by atoms with Crippen molar-refractivity contribution in [3.05, 3.63) is 35.6 Å². The third-order valence-electron chi connectivity index (χ3n) is 4.33. The highest BCUT2D eigenvalue weighted by Crippen LogP contribution is 2.22. The molecule has 0 atom stereocenters. The smallest absolute Gasteiger partial charge is 0.168 e. The van der Waals surface area contributed by atoms with Gasteiger partial charge in [-0.25, -0.2) is 4.39 Å². The number of Topliss-reactive ketones (excluding diaryl/α,β-unsaturated/α-hetero) is 1. The largest absolute Gasteiger partial charge is 0.379 e. The van der Waals surface area contributed by atoms with Crippen molar-refractivity contribution in [3.8, 4) is 0 Å². The van der Waals surface area contributed by atoms with E-state index in [2.05, 4.69) is 10.2 Å². The van der Waals surface area contributed by atoms with Gasteiger partial charge in [0.25, 0.3) is 0 Å². The standard InChI is InChI=1S/C19H27FN2O2S/c1-14(2)24-13-3-10-21-19(25)22-11-8-16(9-12-22)18(23)15-4-6-17(20)7-5-15/h4-7,14,16H,3,8-13H2,1-2H3,(H,21,25). The number of nitrogens with one attached hydrogen (secondary N) is 1. The molecule has 1 fully saturated rings. The van der Waals surface area contributed by atoms with Gasteiger partial charge < -0.3 is 15.0 Å². The Morgan fingerprint density at radius 2 is 1.96 bits per heavy atom. The second kappa shape index (κ2) is 9.82. The number of hydrogen-bond donors (Lipinski definition) is 1. The molecule has 6 heteroatoms. The van der Waals surface area contributed by atoms with E-state index in [9.17, 15) is 9.18 Å². The van der Waals surface area contributed by atoms with Crippen molar-refractivity contribution in [2.24, 2.45) is 5.92 Å². The number of ketones is 1. The normalized spacial score (nSPS) is 15.4. The summed E-state index contributed by atoms with van der Waals surface area (Å²) in [5.41, 5.74) is 0.589. The summed E-state index contributed by atoms with van der Waals surface area (Å²) in [5.74, 6) is -0.227. The van der Waals surface area contributed by atoms with E-state index >= 15 is 0 Å². The van der Waals surface area contributed by atoms with Crippen LogP contribution in [0.2, 0.25) is 0 Å². The molecule has 0 saturated carbocycles. The monoisotopic (exact) mass is 366 g/mol. The zero-order chi connectivity index (χ0) is 18.2. The Labute approximate surface area is 154 Å². The number of likely N-dealkylation sites (tertiary alicyclic amines) is 1. The fourth-order valence-corrected chi connectivity index (χ4v) is 3.18. The lowest BCUT2D eigenvalue weighted by Crippen LogP contribution is -2.45. The van der Waals surface area contributed by atoms with Gasteiger partial charge in [0.2, 0.25) is 0 Å². The lowest BCUT2D eigenvalue weighted by Gasteiger charge is -2.33. The van der Waals surface area contributed by atoms with Gasteiger partial charge in [0.1, 0.15) is 5.82 Å². The molecule has 0 aromatic heterocycles. The van der Waals surface area contributed by atoms with Crippen LogP contribution >= 0.6 is 12.2 Å². The van der Waals surface area contributed by atoms with Gasteiger partial charge in [0.15, 0.2) is 10.9 Å². The molecule has 1 aliphatic heterocycles. The molecule has 0 radical (unpaired) electrons. The number of nitrogens with zero attached hydrogens (tertiary/aromatic N) is 1. The SMILES string of the molecule is CC(C)OCCCNC(=S)N1CCC(C(=O)c2ccc(F)cc2)CC1. The molecule has 1 aromatic carbocycles. The molecule has 1 aliphatic rings. The number of rotatable bonds is 7. The Morgan fingerprint density at radius 3 is 2.56 bits per heavy atom. The molecule has 0 bridgehead atoms. The van der Waals surface area contributed by atoms with Crippen molar-refractivity contribution in [1.29, 1.82) is 0 Å². The van der Waals surface area contributed by atoms with Crippen LogP contribution < -0.4 is 5.32 Å². The molecule has 0 amide bonds. The van der Waals surface area contributed by atoms with E-state index < -0.39 is 0 Å². The minimum atomic E-state index is -0.318. The first kappa shape index (κ1) is 19.8. The van der Waals surface area contributed by atoms with E-state index in [1.165, 1.54) is 12.1 Å². The van der Waals surface area contributed by atoms with Crippen molar-refractivity contribution < 1.29 is 13.9 Å². The molecule has 1 N–H and O–H groups in total. The first-order valence-electron chi connectivity index (χ1n) is 8.91. The summed E-state index contributed by atoms with van der Waals surface area (Å²) in [4.78, 5) is 14.6. The van der Waals surface area contributed by atoms with Crippen molar-refractivity contribution in [2.45, 2.75) is 39.2 Å². The lowest BCUT2D eigenvalue weighted by atomic mass is 9.89. The molecule has 25 heavy (non-hydrogen) atoms. The predicted octanol–water partition coefficient (Wildman–Crippen LogP) is 3.41.